The summed E-state index contributed by atoms with van der Waals surface area (Å²) in [5.74, 6) is 1.56. The van der Waals surface area contributed by atoms with Gasteiger partial charge in [-0.1, -0.05) is 18.2 Å². The minimum Gasteiger partial charge on any atom is -0.327 e. The minimum absolute atomic E-state index is 0.172. The number of benzene rings is 1. The highest BCUT2D eigenvalue weighted by Crippen LogP contribution is 2.41. The molecular weight excluding hydrogens is 254 g/mol. The van der Waals surface area contributed by atoms with E-state index < -0.39 is 0 Å². The van der Waals surface area contributed by atoms with Gasteiger partial charge in [0.05, 0.1) is 6.20 Å². The number of hydrogen-bond acceptors (Lipinski definition) is 3. The lowest BCUT2D eigenvalue weighted by Crippen LogP contribution is -2.30. The summed E-state index contributed by atoms with van der Waals surface area (Å²) in [4.78, 5) is 1.40. The molecule has 100 valence electrons. The highest BCUT2D eigenvalue weighted by Gasteiger charge is 2.28. The number of hydrogen-bond donors (Lipinski definition) is 1. The van der Waals surface area contributed by atoms with E-state index in [-0.39, 0.29) is 6.04 Å². The first-order chi connectivity index (χ1) is 9.28. The average molecular weight is 273 g/mol. The molecule has 3 rings (SSSR count). The Morgan fingerprint density at radius 1 is 1.47 bits per heavy atom. The Labute approximate surface area is 118 Å². The van der Waals surface area contributed by atoms with Gasteiger partial charge in [0.15, 0.2) is 0 Å². The Morgan fingerprint density at radius 2 is 2.32 bits per heavy atom. The van der Waals surface area contributed by atoms with Gasteiger partial charge in [-0.3, -0.25) is 4.68 Å². The molecule has 1 aromatic heterocycles. The molecule has 2 aromatic rings. The van der Waals surface area contributed by atoms with Gasteiger partial charge in [0, 0.05) is 35.3 Å². The van der Waals surface area contributed by atoms with Crippen LogP contribution in [0.4, 0.5) is 0 Å². The molecule has 0 fully saturated rings. The van der Waals surface area contributed by atoms with Gasteiger partial charge in [-0.25, -0.2) is 0 Å². The Morgan fingerprint density at radius 3 is 3.11 bits per heavy atom. The maximum atomic E-state index is 6.43. The van der Waals surface area contributed by atoms with Crippen molar-refractivity contribution >= 4 is 11.8 Å². The molecule has 0 radical (unpaired) electrons. The van der Waals surface area contributed by atoms with E-state index in [9.17, 15) is 0 Å². The maximum absolute atomic E-state index is 6.43. The standard InChI is InChI=1S/C15H19N3S/c1-2-18-9-11(8-17-18)7-14(16)13-10-19-15-6-4-3-5-12(13)15/h3-6,8-9,13-14H,2,7,10,16H2,1H3. The average Bonchev–Trinajstić information content (AvgIpc) is 3.04. The van der Waals surface area contributed by atoms with Gasteiger partial charge >= 0.3 is 0 Å². The first-order valence-electron chi connectivity index (χ1n) is 6.76. The molecule has 2 N–H and O–H groups in total. The van der Waals surface area contributed by atoms with Crippen molar-refractivity contribution in [3.8, 4) is 0 Å². The van der Waals surface area contributed by atoms with E-state index in [0.717, 1.165) is 18.7 Å². The topological polar surface area (TPSA) is 43.8 Å². The number of aromatic nitrogens is 2. The second-order valence-electron chi connectivity index (χ2n) is 5.03. The van der Waals surface area contributed by atoms with Crippen LogP contribution in [0.25, 0.3) is 0 Å². The zero-order valence-corrected chi connectivity index (χ0v) is 11.9. The molecule has 0 bridgehead atoms. The van der Waals surface area contributed by atoms with Crippen molar-refractivity contribution in [2.75, 3.05) is 5.75 Å². The molecule has 1 aromatic carbocycles. The van der Waals surface area contributed by atoms with Crippen molar-refractivity contribution in [1.29, 1.82) is 0 Å². The van der Waals surface area contributed by atoms with Crippen molar-refractivity contribution in [2.24, 2.45) is 5.73 Å². The summed E-state index contributed by atoms with van der Waals surface area (Å²) >= 11 is 1.92. The van der Waals surface area contributed by atoms with E-state index in [1.807, 2.05) is 22.6 Å². The van der Waals surface area contributed by atoms with E-state index in [4.69, 9.17) is 5.73 Å². The monoisotopic (exact) mass is 273 g/mol. The van der Waals surface area contributed by atoms with Crippen LogP contribution >= 0.6 is 11.8 Å². The molecule has 1 aliphatic rings. The van der Waals surface area contributed by atoms with Crippen LogP contribution in [0.5, 0.6) is 0 Å². The van der Waals surface area contributed by atoms with E-state index in [0.29, 0.717) is 5.92 Å². The van der Waals surface area contributed by atoms with Crippen LogP contribution < -0.4 is 5.73 Å². The van der Waals surface area contributed by atoms with Crippen LogP contribution in [-0.2, 0) is 13.0 Å². The first kappa shape index (κ1) is 12.8. The van der Waals surface area contributed by atoms with Crippen LogP contribution in [0.1, 0.15) is 24.0 Å². The summed E-state index contributed by atoms with van der Waals surface area (Å²) in [7, 11) is 0. The van der Waals surface area contributed by atoms with Gasteiger partial charge in [0.1, 0.15) is 0 Å². The van der Waals surface area contributed by atoms with E-state index >= 15 is 0 Å². The molecule has 0 saturated heterocycles. The van der Waals surface area contributed by atoms with Gasteiger partial charge in [-0.15, -0.1) is 11.8 Å². The summed E-state index contributed by atoms with van der Waals surface area (Å²) in [5, 5.41) is 4.31. The predicted molar refractivity (Wildman–Crippen MR) is 79.5 cm³/mol. The van der Waals surface area contributed by atoms with Crippen molar-refractivity contribution in [3.05, 3.63) is 47.8 Å². The fourth-order valence-corrected chi connectivity index (χ4v) is 3.99. The van der Waals surface area contributed by atoms with Gasteiger partial charge in [0.2, 0.25) is 0 Å². The van der Waals surface area contributed by atoms with Crippen LogP contribution in [0.15, 0.2) is 41.6 Å². The number of nitrogens with zero attached hydrogens (tertiary/aromatic N) is 2. The maximum Gasteiger partial charge on any atom is 0.0522 e. The van der Waals surface area contributed by atoms with Gasteiger partial charge in [0.25, 0.3) is 0 Å². The highest BCUT2D eigenvalue weighted by atomic mass is 32.2. The number of nitrogens with two attached hydrogens (primary N) is 1. The third-order valence-corrected chi connectivity index (χ3v) is 4.94. The third-order valence-electron chi connectivity index (χ3n) is 3.74. The largest absolute Gasteiger partial charge is 0.327 e. The number of thioether (sulfide) groups is 1. The summed E-state index contributed by atoms with van der Waals surface area (Å²) in [6.07, 6.45) is 4.95. The first-order valence-corrected chi connectivity index (χ1v) is 7.75. The predicted octanol–water partition coefficient (Wildman–Crippen LogP) is 2.66. The van der Waals surface area contributed by atoms with Crippen LogP contribution in [0.2, 0.25) is 0 Å². The van der Waals surface area contributed by atoms with Crippen molar-refractivity contribution in [2.45, 2.75) is 36.7 Å². The molecule has 2 heterocycles. The summed E-state index contributed by atoms with van der Waals surface area (Å²) in [6.45, 7) is 3.01. The van der Waals surface area contributed by atoms with Crippen molar-refractivity contribution in [1.82, 2.24) is 9.78 Å². The number of fused-ring (bicyclic) bond motifs is 1. The molecule has 19 heavy (non-hydrogen) atoms. The molecule has 1 aliphatic heterocycles. The number of aryl methyl sites for hydroxylation is 1. The summed E-state index contributed by atoms with van der Waals surface area (Å²) in [6, 6.07) is 8.80. The number of rotatable bonds is 4. The zero-order valence-electron chi connectivity index (χ0n) is 11.1. The summed E-state index contributed by atoms with van der Waals surface area (Å²) in [5.41, 5.74) is 9.09. The molecule has 2 unspecified atom stereocenters. The zero-order chi connectivity index (χ0) is 13.2. The lowest BCUT2D eigenvalue weighted by Gasteiger charge is -2.18. The van der Waals surface area contributed by atoms with Crippen LogP contribution in [0.3, 0.4) is 0 Å². The second kappa shape index (κ2) is 5.39. The van der Waals surface area contributed by atoms with E-state index in [1.165, 1.54) is 16.0 Å². The molecule has 0 saturated carbocycles. The summed E-state index contributed by atoms with van der Waals surface area (Å²) < 4.78 is 1.96. The minimum atomic E-state index is 0.172. The van der Waals surface area contributed by atoms with Gasteiger partial charge in [-0.2, -0.15) is 5.10 Å². The molecular formula is C15H19N3S. The third kappa shape index (κ3) is 2.55. The molecule has 0 aliphatic carbocycles. The van der Waals surface area contributed by atoms with Crippen LogP contribution in [-0.4, -0.2) is 21.6 Å². The van der Waals surface area contributed by atoms with Crippen molar-refractivity contribution in [3.63, 3.8) is 0 Å². The second-order valence-corrected chi connectivity index (χ2v) is 6.09. The molecule has 2 atom stereocenters. The molecule has 3 nitrogen and oxygen atoms in total. The Hall–Kier alpha value is -1.26. The van der Waals surface area contributed by atoms with Crippen LogP contribution in [0, 0.1) is 0 Å². The van der Waals surface area contributed by atoms with E-state index in [1.54, 1.807) is 0 Å². The highest BCUT2D eigenvalue weighted by molar-refractivity contribution is 7.99. The Kier molecular flexibility index (Phi) is 3.62. The van der Waals surface area contributed by atoms with Crippen molar-refractivity contribution < 1.29 is 0 Å². The fraction of sp³-hybridized carbons (Fsp3) is 0.400. The lowest BCUT2D eigenvalue weighted by molar-refractivity contribution is 0.571. The molecule has 4 heteroatoms. The Bertz CT molecular complexity index is 564. The van der Waals surface area contributed by atoms with E-state index in [2.05, 4.69) is 42.5 Å². The van der Waals surface area contributed by atoms with Gasteiger partial charge < -0.3 is 5.73 Å². The molecule has 0 spiro atoms. The quantitative estimate of drug-likeness (QED) is 0.931. The molecule has 0 amide bonds. The fourth-order valence-electron chi connectivity index (χ4n) is 2.64. The SMILES string of the molecule is CCn1cc(CC(N)C2CSc3ccccc32)cn1. The normalized spacial score (nSPS) is 19.4. The van der Waals surface area contributed by atoms with Gasteiger partial charge in [-0.05, 0) is 30.5 Å². The Balaban J connectivity index is 1.73. The smallest absolute Gasteiger partial charge is 0.0522 e. The lowest BCUT2D eigenvalue weighted by atomic mass is 9.90.